The minimum absolute atomic E-state index is 0.365. The zero-order chi connectivity index (χ0) is 28.2. The molecule has 0 aromatic rings. The second kappa shape index (κ2) is 12.8. The Kier molecular flexibility index (Phi) is 9.00. The molecule has 8 bridgehead atoms. The van der Waals surface area contributed by atoms with Crippen LogP contribution in [-0.4, -0.2) is 49.3 Å². The fourth-order valence-electron chi connectivity index (χ4n) is 11.7. The molecule has 9 aliphatic rings. The van der Waals surface area contributed by atoms with E-state index in [4.69, 9.17) is 3.32 Å². The van der Waals surface area contributed by atoms with E-state index in [-0.39, 0.29) is 0 Å². The van der Waals surface area contributed by atoms with Gasteiger partial charge in [-0.3, -0.25) is 42.5 Å². The first-order chi connectivity index (χ1) is 20.8. The second-order valence-corrected chi connectivity index (χ2v) is 15.4. The topological polar surface area (TPSA) is 113 Å². The van der Waals surface area contributed by atoms with E-state index in [1.54, 1.807) is 0 Å². The molecule has 0 aromatic heterocycles. The van der Waals surface area contributed by atoms with Gasteiger partial charge in [-0.15, -0.1) is 5.92 Å². The molecule has 4 saturated carbocycles. The van der Waals surface area contributed by atoms with Gasteiger partial charge in [0.15, 0.2) is 0 Å². The third kappa shape index (κ3) is 5.27. The SMILES string of the molecule is [CH-]1CCCC2C3NC(NC4NC(NC5NC(NC6NC(N3)C3CCCCC63)C3CCCCC53)C3CCCCC43)C12.[O]=[Ti+]. The Morgan fingerprint density at radius 1 is 0.357 bits per heavy atom. The average molecular weight is 616 g/mol. The van der Waals surface area contributed by atoms with Crippen molar-refractivity contribution in [1.29, 1.82) is 0 Å². The molecule has 9 rings (SSSR count). The molecular weight excluding hydrogens is 560 g/mol. The van der Waals surface area contributed by atoms with Crippen LogP contribution in [0.3, 0.4) is 0 Å². The van der Waals surface area contributed by atoms with Gasteiger partial charge in [0.05, 0.1) is 43.2 Å². The van der Waals surface area contributed by atoms with Crippen LogP contribution in [0.5, 0.6) is 0 Å². The first-order valence-electron chi connectivity index (χ1n) is 17.9. The van der Waals surface area contributed by atoms with E-state index in [0.717, 1.165) is 55.9 Å². The summed E-state index contributed by atoms with van der Waals surface area (Å²) in [5.74, 6) is 5.74. The molecule has 4 aliphatic carbocycles. The van der Waals surface area contributed by atoms with Crippen molar-refractivity contribution < 1.29 is 23.7 Å². The van der Waals surface area contributed by atoms with Crippen molar-refractivity contribution in [3.8, 4) is 0 Å². The fourth-order valence-corrected chi connectivity index (χ4v) is 11.7. The Balaban J connectivity index is 0.00000131. The zero-order valence-corrected chi connectivity index (χ0v) is 26.9. The van der Waals surface area contributed by atoms with E-state index in [0.29, 0.717) is 61.2 Å². The van der Waals surface area contributed by atoms with Crippen LogP contribution in [0.2, 0.25) is 0 Å². The molecule has 0 amide bonds. The van der Waals surface area contributed by atoms with Crippen molar-refractivity contribution in [2.75, 3.05) is 0 Å². The normalized spacial score (nSPS) is 55.0. The molecule has 9 nitrogen and oxygen atoms in total. The first kappa shape index (κ1) is 29.6. The molecule has 9 fully saturated rings. The molecule has 16 atom stereocenters. The van der Waals surface area contributed by atoms with E-state index in [9.17, 15) is 0 Å². The van der Waals surface area contributed by atoms with Crippen molar-refractivity contribution in [2.24, 2.45) is 47.3 Å². The van der Waals surface area contributed by atoms with Gasteiger partial charge in [0.1, 0.15) is 0 Å². The summed E-state index contributed by atoms with van der Waals surface area (Å²) >= 11 is 0.750. The number of hydrogen-bond acceptors (Lipinski definition) is 9. The van der Waals surface area contributed by atoms with Gasteiger partial charge in [-0.05, 0) is 80.0 Å². The van der Waals surface area contributed by atoms with Crippen LogP contribution in [0.4, 0.5) is 0 Å². The zero-order valence-electron chi connectivity index (χ0n) is 25.3. The summed E-state index contributed by atoms with van der Waals surface area (Å²) in [5, 5.41) is 33.7. The molecule has 233 valence electrons. The van der Waals surface area contributed by atoms with Gasteiger partial charge in [0.25, 0.3) is 0 Å². The van der Waals surface area contributed by atoms with E-state index >= 15 is 0 Å². The molecule has 5 saturated heterocycles. The van der Waals surface area contributed by atoms with Gasteiger partial charge in [-0.25, -0.2) is 0 Å². The summed E-state index contributed by atoms with van der Waals surface area (Å²) in [7, 11) is 0. The monoisotopic (exact) mass is 615 g/mol. The predicted octanol–water partition coefficient (Wildman–Crippen LogP) is 2.30. The van der Waals surface area contributed by atoms with Crippen molar-refractivity contribution in [1.82, 2.24) is 42.5 Å². The van der Waals surface area contributed by atoms with Crippen LogP contribution < -0.4 is 42.5 Å². The Morgan fingerprint density at radius 2 is 0.619 bits per heavy atom. The van der Waals surface area contributed by atoms with Crippen molar-refractivity contribution >= 4 is 0 Å². The van der Waals surface area contributed by atoms with Crippen LogP contribution in [0.1, 0.15) is 96.3 Å². The molecule has 0 aromatic carbocycles. The van der Waals surface area contributed by atoms with Gasteiger partial charge in [-0.1, -0.05) is 51.4 Å². The summed E-state index contributed by atoms with van der Waals surface area (Å²) in [6, 6.07) is 0. The maximum absolute atomic E-state index is 8.25. The summed E-state index contributed by atoms with van der Waals surface area (Å²) in [6.07, 6.45) is 26.4. The molecule has 0 spiro atoms. The first-order valence-corrected chi connectivity index (χ1v) is 18.6. The van der Waals surface area contributed by atoms with E-state index in [2.05, 4.69) is 49.0 Å². The van der Waals surface area contributed by atoms with Crippen molar-refractivity contribution in [3.63, 3.8) is 0 Å². The van der Waals surface area contributed by atoms with Crippen LogP contribution in [0.25, 0.3) is 0 Å². The standard InChI is InChI=1S/C32H55N8.O.Ti/c1-2-10-18-17(9-1)25-33-26(18)38-28-21-13-5-6-14-22(21)30(35-28)40-32-24-16-8-7-15-23(24)31(36-32)39-29-20-12-4-3-11-19(20)27(34-29)37-25;;/h9,17-40H,1-8,10-16H2;;/q-1;;+1. The van der Waals surface area contributed by atoms with Crippen LogP contribution in [-0.2, 0) is 23.7 Å². The Labute approximate surface area is 264 Å². The maximum atomic E-state index is 8.25. The molecular formula is C32H55N8OTi. The van der Waals surface area contributed by atoms with Gasteiger partial charge < -0.3 is 6.42 Å². The Hall–Kier alpha value is 0.194. The van der Waals surface area contributed by atoms with E-state index < -0.39 is 0 Å². The van der Waals surface area contributed by atoms with Gasteiger partial charge >= 0.3 is 23.7 Å². The van der Waals surface area contributed by atoms with Crippen LogP contribution >= 0.6 is 0 Å². The molecule has 0 radical (unpaired) electrons. The van der Waals surface area contributed by atoms with Gasteiger partial charge in [0.2, 0.25) is 0 Å². The predicted molar refractivity (Wildman–Crippen MR) is 158 cm³/mol. The second-order valence-electron chi connectivity index (χ2n) is 15.4. The fraction of sp³-hybridized carbons (Fsp3) is 0.969. The van der Waals surface area contributed by atoms with Crippen molar-refractivity contribution in [2.45, 2.75) is 146 Å². The Bertz CT molecular complexity index is 738. The van der Waals surface area contributed by atoms with Gasteiger partial charge in [0, 0.05) is 6.17 Å². The van der Waals surface area contributed by atoms with Gasteiger partial charge in [-0.2, -0.15) is 6.42 Å². The Morgan fingerprint density at radius 3 is 0.952 bits per heavy atom. The number of fused-ring (bicyclic) bond motifs is 20. The molecule has 16 unspecified atom stereocenters. The van der Waals surface area contributed by atoms with Crippen LogP contribution in [0, 0.1) is 53.8 Å². The van der Waals surface area contributed by atoms with Crippen LogP contribution in [0.15, 0.2) is 0 Å². The molecule has 10 heteroatoms. The van der Waals surface area contributed by atoms with E-state index in [1.165, 1.54) is 96.3 Å². The number of hydrogen-bond donors (Lipinski definition) is 8. The molecule has 5 heterocycles. The number of nitrogens with one attached hydrogen (secondary N) is 8. The summed E-state index contributed by atoms with van der Waals surface area (Å²) in [5.41, 5.74) is 0. The van der Waals surface area contributed by atoms with Crippen molar-refractivity contribution in [3.05, 3.63) is 6.42 Å². The van der Waals surface area contributed by atoms with E-state index in [1.807, 2.05) is 0 Å². The number of rotatable bonds is 0. The quantitative estimate of drug-likeness (QED) is 0.154. The molecule has 42 heavy (non-hydrogen) atoms. The minimum atomic E-state index is 0.365. The third-order valence-electron chi connectivity index (χ3n) is 13.6. The molecule has 8 N–H and O–H groups in total. The summed E-state index contributed by atoms with van der Waals surface area (Å²) < 4.78 is 8.25. The molecule has 5 aliphatic heterocycles. The average Bonchev–Trinajstić information content (AvgIpc) is 3.78. The summed E-state index contributed by atoms with van der Waals surface area (Å²) in [4.78, 5) is 0. The summed E-state index contributed by atoms with van der Waals surface area (Å²) in [6.45, 7) is 0. The third-order valence-corrected chi connectivity index (χ3v) is 13.6.